The lowest BCUT2D eigenvalue weighted by molar-refractivity contribution is 0.0571. The number of fused-ring (bicyclic) bond motifs is 1. The minimum absolute atomic E-state index is 0.109. The van der Waals surface area contributed by atoms with Gasteiger partial charge in [0.2, 0.25) is 0 Å². The number of rotatable bonds is 6. The molecule has 0 bridgehead atoms. The molecule has 0 aliphatic rings. The van der Waals surface area contributed by atoms with Gasteiger partial charge in [0.1, 0.15) is 0 Å². The summed E-state index contributed by atoms with van der Waals surface area (Å²) < 4.78 is 39.8. The quantitative estimate of drug-likeness (QED) is 0.758. The molecule has 20 heavy (non-hydrogen) atoms. The van der Waals surface area contributed by atoms with Gasteiger partial charge in [0, 0.05) is 10.3 Å². The molecule has 0 atom stereocenters. The Morgan fingerprint density at radius 1 is 1.20 bits per heavy atom. The first kappa shape index (κ1) is 15.6. The number of halogens is 2. The van der Waals surface area contributed by atoms with Gasteiger partial charge < -0.3 is 14.2 Å². The summed E-state index contributed by atoms with van der Waals surface area (Å²) in [5, 5.41) is 10.1. The lowest BCUT2D eigenvalue weighted by Crippen LogP contribution is -2.14. The van der Waals surface area contributed by atoms with Crippen LogP contribution >= 0.6 is 19.7 Å². The van der Waals surface area contributed by atoms with Crippen molar-refractivity contribution in [2.75, 3.05) is 13.2 Å². The second-order valence-corrected chi connectivity index (χ2v) is 6.63. The molecular formula is C13H15F2O3PS. The Kier molecular flexibility index (Phi) is 4.91. The van der Waals surface area contributed by atoms with Gasteiger partial charge in [0.25, 0.3) is 8.38 Å². The summed E-state index contributed by atoms with van der Waals surface area (Å²) in [7, 11) is -2.32. The Morgan fingerprint density at radius 3 is 2.45 bits per heavy atom. The van der Waals surface area contributed by atoms with E-state index in [1.54, 1.807) is 19.9 Å². The average molecular weight is 320 g/mol. The van der Waals surface area contributed by atoms with Crippen molar-refractivity contribution in [3.63, 3.8) is 0 Å². The zero-order chi connectivity index (χ0) is 14.8. The summed E-state index contributed by atoms with van der Waals surface area (Å²) in [6.07, 6.45) is 0. The Labute approximate surface area is 121 Å². The van der Waals surface area contributed by atoms with Gasteiger partial charge in [0.05, 0.1) is 13.2 Å². The van der Waals surface area contributed by atoms with Gasteiger partial charge in [-0.15, -0.1) is 0 Å². The lowest BCUT2D eigenvalue weighted by atomic mass is 10.2. The predicted molar refractivity (Wildman–Crippen MR) is 77.6 cm³/mol. The van der Waals surface area contributed by atoms with Crippen molar-refractivity contribution in [2.45, 2.75) is 19.5 Å². The molecule has 7 heteroatoms. The zero-order valence-corrected chi connectivity index (χ0v) is 12.8. The second-order valence-electron chi connectivity index (χ2n) is 3.97. The van der Waals surface area contributed by atoms with Crippen LogP contribution < -0.4 is 0 Å². The van der Waals surface area contributed by atoms with E-state index < -0.39 is 14.0 Å². The van der Waals surface area contributed by atoms with E-state index >= 15 is 0 Å². The molecule has 0 aliphatic heterocycles. The lowest BCUT2D eigenvalue weighted by Gasteiger charge is -2.25. The van der Waals surface area contributed by atoms with Crippen LogP contribution in [-0.4, -0.2) is 18.3 Å². The highest BCUT2D eigenvalue weighted by atomic mass is 32.1. The van der Waals surface area contributed by atoms with Gasteiger partial charge in [0.15, 0.2) is 5.06 Å². The topological polar surface area (TPSA) is 38.7 Å². The first-order chi connectivity index (χ1) is 9.48. The number of thiophene rings is 1. The first-order valence-corrected chi connectivity index (χ1v) is 8.15. The van der Waals surface area contributed by atoms with E-state index in [0.717, 1.165) is 16.0 Å². The van der Waals surface area contributed by atoms with Crippen LogP contribution in [0.2, 0.25) is 0 Å². The van der Waals surface area contributed by atoms with Gasteiger partial charge in [-0.2, -0.15) is 8.78 Å². The Balaban J connectivity index is 2.37. The minimum Gasteiger partial charge on any atom is -0.499 e. The molecule has 0 fully saturated rings. The fraction of sp³-hybridized carbons (Fsp3) is 0.385. The Hall–Kier alpha value is -0.810. The zero-order valence-electron chi connectivity index (χ0n) is 11.1. The summed E-state index contributed by atoms with van der Waals surface area (Å²) in [4.78, 5) is 0. The van der Waals surface area contributed by atoms with Crippen LogP contribution in [0.5, 0.6) is 5.06 Å². The van der Waals surface area contributed by atoms with Crippen LogP contribution in [0.25, 0.3) is 10.1 Å². The molecule has 110 valence electrons. The largest absolute Gasteiger partial charge is 0.499 e. The number of benzene rings is 1. The third-order valence-corrected chi connectivity index (χ3v) is 5.19. The van der Waals surface area contributed by atoms with Crippen molar-refractivity contribution < 1.29 is 22.9 Å². The monoisotopic (exact) mass is 320 g/mol. The molecular weight excluding hydrogens is 305 g/mol. The summed E-state index contributed by atoms with van der Waals surface area (Å²) in [5.41, 5.74) is -3.34. The summed E-state index contributed by atoms with van der Waals surface area (Å²) in [6.45, 7) is 3.65. The molecule has 2 aromatic rings. The van der Waals surface area contributed by atoms with E-state index in [0.29, 0.717) is 5.39 Å². The van der Waals surface area contributed by atoms with E-state index in [-0.39, 0.29) is 23.8 Å². The average Bonchev–Trinajstić information content (AvgIpc) is 2.77. The molecule has 1 aromatic carbocycles. The number of alkyl halides is 2. The smallest absolute Gasteiger partial charge is 0.339 e. The third-order valence-electron chi connectivity index (χ3n) is 2.57. The van der Waals surface area contributed by atoms with Crippen LogP contribution in [-0.2, 0) is 14.7 Å². The highest BCUT2D eigenvalue weighted by molar-refractivity contribution is 7.48. The van der Waals surface area contributed by atoms with Crippen molar-refractivity contribution in [1.29, 1.82) is 0 Å². The molecule has 1 N–H and O–H groups in total. The van der Waals surface area contributed by atoms with Gasteiger partial charge >= 0.3 is 5.66 Å². The standard InChI is InChI=1S/C13H15F2O3PS/c1-3-17-19(18-4-2)13(14,15)10-5-6-11-9(7-10)8-12(16)20-11/h5-8,16H,3-4H2,1-2H3. The third kappa shape index (κ3) is 3.09. The molecule has 0 radical (unpaired) electrons. The molecule has 1 aromatic heterocycles. The maximum atomic E-state index is 14.4. The van der Waals surface area contributed by atoms with Crippen LogP contribution in [0.1, 0.15) is 19.4 Å². The maximum Gasteiger partial charge on any atom is 0.339 e. The number of hydrogen-bond acceptors (Lipinski definition) is 4. The van der Waals surface area contributed by atoms with Gasteiger partial charge in [-0.25, -0.2) is 0 Å². The molecule has 1 heterocycles. The van der Waals surface area contributed by atoms with Crippen LogP contribution in [0.4, 0.5) is 8.78 Å². The predicted octanol–water partition coefficient (Wildman–Crippen LogP) is 5.04. The fourth-order valence-corrected chi connectivity index (χ4v) is 3.76. The fourth-order valence-electron chi connectivity index (χ4n) is 1.76. The van der Waals surface area contributed by atoms with Crippen molar-refractivity contribution in [2.24, 2.45) is 0 Å². The normalized spacial score (nSPS) is 12.4. The molecule has 0 saturated heterocycles. The van der Waals surface area contributed by atoms with Gasteiger partial charge in [-0.05, 0) is 37.4 Å². The van der Waals surface area contributed by atoms with Crippen LogP contribution in [0.3, 0.4) is 0 Å². The van der Waals surface area contributed by atoms with E-state index in [1.807, 2.05) is 0 Å². The molecule has 0 amide bonds. The van der Waals surface area contributed by atoms with E-state index in [2.05, 4.69) is 0 Å². The molecule has 0 aliphatic carbocycles. The van der Waals surface area contributed by atoms with Crippen molar-refractivity contribution in [3.05, 3.63) is 29.8 Å². The number of aromatic hydroxyl groups is 1. The molecule has 2 rings (SSSR count). The van der Waals surface area contributed by atoms with E-state index in [1.165, 1.54) is 18.2 Å². The van der Waals surface area contributed by atoms with Gasteiger partial charge in [-0.3, -0.25) is 0 Å². The molecule has 0 saturated carbocycles. The Bertz CT molecular complexity index is 582. The Morgan fingerprint density at radius 2 is 1.85 bits per heavy atom. The van der Waals surface area contributed by atoms with Crippen LogP contribution in [0.15, 0.2) is 24.3 Å². The van der Waals surface area contributed by atoms with E-state index in [4.69, 9.17) is 9.05 Å². The highest BCUT2D eigenvalue weighted by Gasteiger charge is 2.44. The van der Waals surface area contributed by atoms with Crippen molar-refractivity contribution in [3.8, 4) is 5.06 Å². The molecule has 0 unspecified atom stereocenters. The highest BCUT2D eigenvalue weighted by Crippen LogP contribution is 2.60. The van der Waals surface area contributed by atoms with Crippen LogP contribution in [0, 0.1) is 0 Å². The molecule has 0 spiro atoms. The maximum absolute atomic E-state index is 14.4. The summed E-state index contributed by atoms with van der Waals surface area (Å²) in [5.74, 6) is 0. The minimum atomic E-state index is -3.19. The summed E-state index contributed by atoms with van der Waals surface area (Å²) >= 11 is 1.15. The summed E-state index contributed by atoms with van der Waals surface area (Å²) in [6, 6.07) is 5.78. The first-order valence-electron chi connectivity index (χ1n) is 6.16. The SMILES string of the molecule is CCOP(OCC)C(F)(F)c1ccc2sc(O)cc2c1. The number of hydrogen-bond donors (Lipinski definition) is 1. The van der Waals surface area contributed by atoms with Crippen molar-refractivity contribution in [1.82, 2.24) is 0 Å². The molecule has 3 nitrogen and oxygen atoms in total. The second kappa shape index (κ2) is 6.31. The van der Waals surface area contributed by atoms with E-state index in [9.17, 15) is 13.9 Å². The van der Waals surface area contributed by atoms with Gasteiger partial charge in [-0.1, -0.05) is 17.4 Å². The van der Waals surface area contributed by atoms with Crippen molar-refractivity contribution >= 4 is 29.8 Å².